The Hall–Kier alpha value is -1.34. The zero-order valence-electron chi connectivity index (χ0n) is 6.94. The van der Waals surface area contributed by atoms with E-state index in [9.17, 15) is 0 Å². The molecule has 0 amide bonds. The number of benzene rings is 1. The van der Waals surface area contributed by atoms with E-state index in [2.05, 4.69) is 4.98 Å². The molecule has 0 bridgehead atoms. The summed E-state index contributed by atoms with van der Waals surface area (Å²) in [7, 11) is 0. The van der Waals surface area contributed by atoms with Gasteiger partial charge in [0.25, 0.3) is 0 Å². The Labute approximate surface area is 82.0 Å². The molecule has 0 unspecified atom stereocenters. The van der Waals surface area contributed by atoms with Gasteiger partial charge in [-0.1, -0.05) is 41.9 Å². The molecule has 0 aliphatic carbocycles. The molecule has 2 aromatic rings. The third-order valence-corrected chi connectivity index (χ3v) is 2.02. The summed E-state index contributed by atoms with van der Waals surface area (Å²) in [4.78, 5) is 4.22. The zero-order chi connectivity index (χ0) is 9.10. The predicted octanol–water partition coefficient (Wildman–Crippen LogP) is 3.40. The van der Waals surface area contributed by atoms with E-state index in [1.165, 1.54) is 0 Å². The van der Waals surface area contributed by atoms with E-state index >= 15 is 0 Å². The molecule has 0 atom stereocenters. The van der Waals surface area contributed by atoms with Crippen LogP contribution in [0.4, 0.5) is 0 Å². The second-order valence-corrected chi connectivity index (χ2v) is 3.16. The van der Waals surface area contributed by atoms with Crippen molar-refractivity contribution >= 4 is 11.6 Å². The van der Waals surface area contributed by atoms with E-state index in [0.717, 1.165) is 11.3 Å². The third-order valence-electron chi connectivity index (χ3n) is 1.80. The number of aromatic nitrogens is 1. The Morgan fingerprint density at radius 3 is 2.31 bits per heavy atom. The lowest BCUT2D eigenvalue weighted by atomic mass is 10.1. The van der Waals surface area contributed by atoms with Crippen LogP contribution in [-0.4, -0.2) is 4.98 Å². The van der Waals surface area contributed by atoms with Crippen molar-refractivity contribution in [2.24, 2.45) is 0 Å². The molecule has 0 aliphatic rings. The minimum Gasteiger partial charge on any atom is -0.255 e. The first-order valence-electron chi connectivity index (χ1n) is 4.03. The largest absolute Gasteiger partial charge is 0.255 e. The Morgan fingerprint density at radius 2 is 1.69 bits per heavy atom. The topological polar surface area (TPSA) is 12.9 Å². The van der Waals surface area contributed by atoms with Crippen LogP contribution in [0.15, 0.2) is 48.7 Å². The lowest BCUT2D eigenvalue weighted by molar-refractivity contribution is 1.33. The number of halogens is 1. The predicted molar refractivity (Wildman–Crippen MR) is 54.7 cm³/mol. The highest BCUT2D eigenvalue weighted by atomic mass is 35.5. The monoisotopic (exact) mass is 189 g/mol. The maximum Gasteiger partial charge on any atom is 0.0703 e. The van der Waals surface area contributed by atoms with Crippen molar-refractivity contribution < 1.29 is 0 Å². The maximum absolute atomic E-state index is 5.74. The van der Waals surface area contributed by atoms with E-state index in [1.807, 2.05) is 42.5 Å². The molecule has 1 aromatic heterocycles. The van der Waals surface area contributed by atoms with Crippen LogP contribution in [0, 0.1) is 0 Å². The fourth-order valence-electron chi connectivity index (χ4n) is 1.16. The van der Waals surface area contributed by atoms with Crippen LogP contribution in [0.25, 0.3) is 11.3 Å². The van der Waals surface area contributed by atoms with Crippen LogP contribution >= 0.6 is 11.6 Å². The van der Waals surface area contributed by atoms with Gasteiger partial charge >= 0.3 is 0 Å². The molecule has 0 saturated heterocycles. The molecule has 2 heteroatoms. The summed E-state index contributed by atoms with van der Waals surface area (Å²) in [5.74, 6) is 0. The molecule has 64 valence electrons. The molecule has 0 fully saturated rings. The lowest BCUT2D eigenvalue weighted by Gasteiger charge is -1.98. The summed E-state index contributed by atoms with van der Waals surface area (Å²) in [5.41, 5.74) is 2.06. The first kappa shape index (κ1) is 8.27. The van der Waals surface area contributed by atoms with Crippen molar-refractivity contribution in [1.82, 2.24) is 4.98 Å². The average Bonchev–Trinajstić information content (AvgIpc) is 2.20. The molecule has 1 aromatic carbocycles. The van der Waals surface area contributed by atoms with Crippen molar-refractivity contribution in [2.45, 2.75) is 0 Å². The second kappa shape index (κ2) is 3.58. The number of rotatable bonds is 1. The van der Waals surface area contributed by atoms with Gasteiger partial charge in [-0.25, -0.2) is 0 Å². The molecule has 0 spiro atoms. The van der Waals surface area contributed by atoms with Gasteiger partial charge in [-0.05, 0) is 12.1 Å². The van der Waals surface area contributed by atoms with Gasteiger partial charge in [-0.3, -0.25) is 4.98 Å². The van der Waals surface area contributed by atoms with Gasteiger partial charge < -0.3 is 0 Å². The summed E-state index contributed by atoms with van der Waals surface area (Å²) < 4.78 is 0. The van der Waals surface area contributed by atoms with Crippen LogP contribution < -0.4 is 0 Å². The Bertz CT molecular complexity index is 381. The van der Waals surface area contributed by atoms with Gasteiger partial charge in [0.2, 0.25) is 0 Å². The van der Waals surface area contributed by atoms with E-state index in [0.29, 0.717) is 5.02 Å². The van der Waals surface area contributed by atoms with Crippen LogP contribution in [0.1, 0.15) is 0 Å². The highest BCUT2D eigenvalue weighted by Gasteiger charge is 1.96. The fraction of sp³-hybridized carbons (Fsp3) is 0. The van der Waals surface area contributed by atoms with Crippen molar-refractivity contribution in [1.29, 1.82) is 0 Å². The van der Waals surface area contributed by atoms with Crippen molar-refractivity contribution in [3.63, 3.8) is 0 Å². The Morgan fingerprint density at radius 1 is 0.923 bits per heavy atom. The quantitative estimate of drug-likeness (QED) is 0.670. The highest BCUT2D eigenvalue weighted by molar-refractivity contribution is 6.30. The fourth-order valence-corrected chi connectivity index (χ4v) is 1.27. The Balaban J connectivity index is 2.42. The highest BCUT2D eigenvalue weighted by Crippen LogP contribution is 2.17. The molecular weight excluding hydrogens is 182 g/mol. The van der Waals surface area contributed by atoms with E-state index in [4.69, 9.17) is 11.6 Å². The molecule has 1 nitrogen and oxygen atoms in total. The Kier molecular flexibility index (Phi) is 2.28. The van der Waals surface area contributed by atoms with Crippen molar-refractivity contribution in [2.75, 3.05) is 0 Å². The maximum atomic E-state index is 5.74. The summed E-state index contributed by atoms with van der Waals surface area (Å²) >= 11 is 5.74. The second-order valence-electron chi connectivity index (χ2n) is 2.73. The number of nitrogens with zero attached hydrogens (tertiary/aromatic N) is 1. The summed E-state index contributed by atoms with van der Waals surface area (Å²) in [6, 6.07) is 13.8. The van der Waals surface area contributed by atoms with E-state index in [-0.39, 0.29) is 0 Å². The minimum absolute atomic E-state index is 0.666. The van der Waals surface area contributed by atoms with Gasteiger partial charge in [0.15, 0.2) is 0 Å². The molecule has 0 saturated carbocycles. The van der Waals surface area contributed by atoms with Crippen LogP contribution in [0.5, 0.6) is 0 Å². The van der Waals surface area contributed by atoms with Gasteiger partial charge in [0.1, 0.15) is 0 Å². The van der Waals surface area contributed by atoms with Gasteiger partial charge in [0.05, 0.1) is 10.7 Å². The van der Waals surface area contributed by atoms with E-state index < -0.39 is 0 Å². The van der Waals surface area contributed by atoms with E-state index in [1.54, 1.807) is 6.20 Å². The summed E-state index contributed by atoms with van der Waals surface area (Å²) in [5, 5.41) is 0.666. The van der Waals surface area contributed by atoms with Crippen LogP contribution in [0.2, 0.25) is 5.02 Å². The molecule has 1 heterocycles. The first-order chi connectivity index (χ1) is 6.36. The third kappa shape index (κ3) is 1.87. The molecule has 13 heavy (non-hydrogen) atoms. The first-order valence-corrected chi connectivity index (χ1v) is 4.41. The molecule has 0 N–H and O–H groups in total. The van der Waals surface area contributed by atoms with Gasteiger partial charge in [-0.15, -0.1) is 0 Å². The summed E-state index contributed by atoms with van der Waals surface area (Å²) in [6.07, 6.45) is 1.66. The summed E-state index contributed by atoms with van der Waals surface area (Å²) in [6.45, 7) is 0. The van der Waals surface area contributed by atoms with Crippen molar-refractivity contribution in [3.05, 3.63) is 53.7 Å². The zero-order valence-corrected chi connectivity index (χ0v) is 7.70. The lowest BCUT2D eigenvalue weighted by Crippen LogP contribution is -1.80. The molecule has 2 rings (SSSR count). The van der Waals surface area contributed by atoms with Crippen molar-refractivity contribution in [3.8, 4) is 11.3 Å². The number of pyridine rings is 1. The average molecular weight is 190 g/mol. The SMILES string of the molecule is Clc1ccc(-c2ccccc2)nc1. The molecule has 0 aliphatic heterocycles. The number of hydrogen-bond acceptors (Lipinski definition) is 1. The number of hydrogen-bond donors (Lipinski definition) is 0. The molecular formula is C11H8ClN. The van der Waals surface area contributed by atoms with Crippen LogP contribution in [0.3, 0.4) is 0 Å². The minimum atomic E-state index is 0.666. The molecule has 0 radical (unpaired) electrons. The van der Waals surface area contributed by atoms with Gasteiger partial charge in [-0.2, -0.15) is 0 Å². The van der Waals surface area contributed by atoms with Gasteiger partial charge in [0, 0.05) is 11.8 Å². The smallest absolute Gasteiger partial charge is 0.0703 e. The standard InChI is InChI=1S/C11H8ClN/c12-10-6-7-11(13-8-10)9-4-2-1-3-5-9/h1-8H. The van der Waals surface area contributed by atoms with Crippen LogP contribution in [-0.2, 0) is 0 Å². The normalized spacial score (nSPS) is 9.92.